The van der Waals surface area contributed by atoms with Gasteiger partial charge in [-0.15, -0.1) is 11.3 Å². The van der Waals surface area contributed by atoms with Gasteiger partial charge in [0.05, 0.1) is 0 Å². The van der Waals surface area contributed by atoms with E-state index in [1.807, 2.05) is 11.3 Å². The number of thiophene rings is 1. The molecule has 1 aromatic rings. The van der Waals surface area contributed by atoms with Gasteiger partial charge in [0.2, 0.25) is 0 Å². The molecular weight excluding hydrogens is 178 g/mol. The second kappa shape index (κ2) is 4.25. The average molecular weight is 195 g/mol. The van der Waals surface area contributed by atoms with E-state index in [-0.39, 0.29) is 0 Å². The summed E-state index contributed by atoms with van der Waals surface area (Å²) in [5.41, 5.74) is 0. The highest BCUT2D eigenvalue weighted by Gasteiger charge is 2.18. The van der Waals surface area contributed by atoms with Gasteiger partial charge in [0, 0.05) is 10.9 Å². The molecule has 0 bridgehead atoms. The largest absolute Gasteiger partial charge is 0.314 e. The normalized spacial score (nSPS) is 29.0. The first-order valence-electron chi connectivity index (χ1n) is 5.10. The van der Waals surface area contributed by atoms with Gasteiger partial charge in [0.25, 0.3) is 0 Å². The molecular formula is C11H17NS. The van der Waals surface area contributed by atoms with Crippen LogP contribution in [0.1, 0.15) is 24.6 Å². The van der Waals surface area contributed by atoms with E-state index in [0.717, 1.165) is 12.0 Å². The van der Waals surface area contributed by atoms with Crippen molar-refractivity contribution in [2.24, 2.45) is 5.92 Å². The maximum Gasteiger partial charge on any atom is 0.0118 e. The molecule has 1 N–H and O–H groups in total. The molecule has 0 saturated carbocycles. The maximum atomic E-state index is 3.59. The highest BCUT2D eigenvalue weighted by Crippen LogP contribution is 2.19. The summed E-state index contributed by atoms with van der Waals surface area (Å²) in [7, 11) is 0. The summed E-state index contributed by atoms with van der Waals surface area (Å²) in [6.45, 7) is 3.57. The lowest BCUT2D eigenvalue weighted by atomic mass is 9.92. The van der Waals surface area contributed by atoms with Crippen molar-refractivity contribution >= 4 is 11.3 Å². The molecule has 2 heteroatoms. The third-order valence-corrected chi connectivity index (χ3v) is 3.68. The fraction of sp³-hybridized carbons (Fsp3) is 0.636. The van der Waals surface area contributed by atoms with Crippen LogP contribution in [0.2, 0.25) is 0 Å². The molecule has 0 amide bonds. The van der Waals surface area contributed by atoms with E-state index in [2.05, 4.69) is 29.8 Å². The molecule has 0 aromatic carbocycles. The van der Waals surface area contributed by atoms with Gasteiger partial charge < -0.3 is 5.32 Å². The smallest absolute Gasteiger partial charge is 0.0118 e. The van der Waals surface area contributed by atoms with Gasteiger partial charge in [-0.2, -0.15) is 0 Å². The predicted octanol–water partition coefficient (Wildman–Crippen LogP) is 2.68. The summed E-state index contributed by atoms with van der Waals surface area (Å²) >= 11 is 1.88. The molecule has 2 rings (SSSR count). The van der Waals surface area contributed by atoms with Crippen molar-refractivity contribution in [2.75, 3.05) is 6.54 Å². The Kier molecular flexibility index (Phi) is 3.01. The van der Waals surface area contributed by atoms with E-state index in [1.54, 1.807) is 0 Å². The van der Waals surface area contributed by atoms with E-state index in [9.17, 15) is 0 Å². The number of hydrogen-bond acceptors (Lipinski definition) is 2. The maximum absolute atomic E-state index is 3.59. The molecule has 1 aliphatic heterocycles. The minimum absolute atomic E-state index is 0.724. The fourth-order valence-corrected chi connectivity index (χ4v) is 2.83. The molecule has 1 saturated heterocycles. The summed E-state index contributed by atoms with van der Waals surface area (Å²) in [4.78, 5) is 1.52. The van der Waals surface area contributed by atoms with Crippen molar-refractivity contribution in [3.63, 3.8) is 0 Å². The van der Waals surface area contributed by atoms with Crippen LogP contribution in [0.5, 0.6) is 0 Å². The fourth-order valence-electron chi connectivity index (χ4n) is 2.05. The zero-order valence-corrected chi connectivity index (χ0v) is 8.94. The highest BCUT2D eigenvalue weighted by atomic mass is 32.1. The van der Waals surface area contributed by atoms with Crippen LogP contribution in [-0.4, -0.2) is 12.6 Å². The minimum Gasteiger partial charge on any atom is -0.314 e. The van der Waals surface area contributed by atoms with Crippen LogP contribution in [0.3, 0.4) is 0 Å². The van der Waals surface area contributed by atoms with Gasteiger partial charge in [-0.05, 0) is 43.2 Å². The van der Waals surface area contributed by atoms with Crippen LogP contribution in [0, 0.1) is 5.92 Å². The van der Waals surface area contributed by atoms with Crippen molar-refractivity contribution in [1.82, 2.24) is 5.32 Å². The molecule has 72 valence electrons. The van der Waals surface area contributed by atoms with Crippen LogP contribution >= 0.6 is 11.3 Å². The molecule has 1 aromatic heterocycles. The summed E-state index contributed by atoms with van der Waals surface area (Å²) < 4.78 is 0. The standard InChI is InChI=1S/C11H17NS/c1-9-4-5-12-10(7-9)8-11-3-2-6-13-11/h2-3,6,9-10,12H,4-5,7-8H2,1H3. The van der Waals surface area contributed by atoms with E-state index in [4.69, 9.17) is 0 Å². The lowest BCUT2D eigenvalue weighted by Gasteiger charge is -2.27. The predicted molar refractivity (Wildman–Crippen MR) is 58.2 cm³/mol. The monoisotopic (exact) mass is 195 g/mol. The average Bonchev–Trinajstić information content (AvgIpc) is 2.57. The number of rotatable bonds is 2. The molecule has 2 heterocycles. The molecule has 0 aliphatic carbocycles. The van der Waals surface area contributed by atoms with Gasteiger partial charge in [-0.25, -0.2) is 0 Å². The van der Waals surface area contributed by atoms with Crippen LogP contribution in [0.4, 0.5) is 0 Å². The van der Waals surface area contributed by atoms with Crippen LogP contribution in [-0.2, 0) is 6.42 Å². The van der Waals surface area contributed by atoms with Gasteiger partial charge in [-0.1, -0.05) is 13.0 Å². The molecule has 1 nitrogen and oxygen atoms in total. The van der Waals surface area contributed by atoms with Crippen molar-refractivity contribution in [1.29, 1.82) is 0 Å². The van der Waals surface area contributed by atoms with Crippen molar-refractivity contribution in [2.45, 2.75) is 32.2 Å². The van der Waals surface area contributed by atoms with E-state index >= 15 is 0 Å². The first-order valence-corrected chi connectivity index (χ1v) is 5.98. The highest BCUT2D eigenvalue weighted by molar-refractivity contribution is 7.09. The summed E-state index contributed by atoms with van der Waals surface area (Å²) in [5.74, 6) is 0.909. The molecule has 2 atom stereocenters. The molecule has 0 spiro atoms. The van der Waals surface area contributed by atoms with Crippen LogP contribution in [0.15, 0.2) is 17.5 Å². The zero-order valence-electron chi connectivity index (χ0n) is 8.12. The summed E-state index contributed by atoms with van der Waals surface area (Å²) in [6, 6.07) is 5.11. The van der Waals surface area contributed by atoms with Crippen LogP contribution in [0.25, 0.3) is 0 Å². The third kappa shape index (κ3) is 2.55. The van der Waals surface area contributed by atoms with E-state index in [0.29, 0.717) is 0 Å². The topological polar surface area (TPSA) is 12.0 Å². The molecule has 1 fully saturated rings. The molecule has 0 radical (unpaired) electrons. The Balaban J connectivity index is 1.87. The third-order valence-electron chi connectivity index (χ3n) is 2.78. The number of hydrogen-bond donors (Lipinski definition) is 1. The van der Waals surface area contributed by atoms with Gasteiger partial charge >= 0.3 is 0 Å². The lowest BCUT2D eigenvalue weighted by Crippen LogP contribution is -2.38. The summed E-state index contributed by atoms with van der Waals surface area (Å²) in [5, 5.41) is 5.76. The van der Waals surface area contributed by atoms with Gasteiger partial charge in [0.1, 0.15) is 0 Å². The SMILES string of the molecule is CC1CCNC(Cc2cccs2)C1. The van der Waals surface area contributed by atoms with Crippen molar-refractivity contribution < 1.29 is 0 Å². The zero-order chi connectivity index (χ0) is 9.10. The minimum atomic E-state index is 0.724. The van der Waals surface area contributed by atoms with Crippen molar-refractivity contribution in [3.05, 3.63) is 22.4 Å². The Hall–Kier alpha value is -0.340. The van der Waals surface area contributed by atoms with Crippen LogP contribution < -0.4 is 5.32 Å². The van der Waals surface area contributed by atoms with E-state index < -0.39 is 0 Å². The Morgan fingerprint density at radius 2 is 2.54 bits per heavy atom. The Morgan fingerprint density at radius 1 is 1.62 bits per heavy atom. The number of piperidine rings is 1. The Labute approximate surface area is 84.2 Å². The second-order valence-corrected chi connectivity index (χ2v) is 5.10. The second-order valence-electron chi connectivity index (χ2n) is 4.06. The van der Waals surface area contributed by atoms with Gasteiger partial charge in [0.15, 0.2) is 0 Å². The quantitative estimate of drug-likeness (QED) is 0.765. The summed E-state index contributed by atoms with van der Waals surface area (Å²) in [6.07, 6.45) is 3.92. The molecule has 2 unspecified atom stereocenters. The van der Waals surface area contributed by atoms with Gasteiger partial charge in [-0.3, -0.25) is 0 Å². The van der Waals surface area contributed by atoms with E-state index in [1.165, 1.54) is 30.7 Å². The lowest BCUT2D eigenvalue weighted by molar-refractivity contribution is 0.319. The number of nitrogens with one attached hydrogen (secondary N) is 1. The molecule has 13 heavy (non-hydrogen) atoms. The first-order chi connectivity index (χ1) is 6.34. The Morgan fingerprint density at radius 3 is 3.23 bits per heavy atom. The van der Waals surface area contributed by atoms with Crippen molar-refractivity contribution in [3.8, 4) is 0 Å². The first kappa shape index (κ1) is 9.22. The molecule has 1 aliphatic rings. The Bertz CT molecular complexity index is 243.